The van der Waals surface area contributed by atoms with Crippen molar-refractivity contribution in [1.82, 2.24) is 0 Å². The maximum Gasteiger partial charge on any atom is 0.128 e. The van der Waals surface area contributed by atoms with Crippen LogP contribution in [0.5, 0.6) is 0 Å². The highest BCUT2D eigenvalue weighted by Gasteiger charge is 2.29. The SMILES string of the molecule is CCN1CC(CCCN)c2c(F)cccc21. The van der Waals surface area contributed by atoms with Crippen LogP contribution in [0.3, 0.4) is 0 Å². The van der Waals surface area contributed by atoms with E-state index in [1.165, 1.54) is 0 Å². The normalized spacial score (nSPS) is 18.9. The van der Waals surface area contributed by atoms with Crippen LogP contribution in [0.25, 0.3) is 0 Å². The lowest BCUT2D eigenvalue weighted by Crippen LogP contribution is -2.21. The summed E-state index contributed by atoms with van der Waals surface area (Å²) >= 11 is 0. The Morgan fingerprint density at radius 1 is 1.50 bits per heavy atom. The van der Waals surface area contributed by atoms with Gasteiger partial charge in [0.05, 0.1) is 0 Å². The minimum atomic E-state index is -0.0597. The first-order chi connectivity index (χ1) is 7.77. The van der Waals surface area contributed by atoms with E-state index in [2.05, 4.69) is 11.8 Å². The summed E-state index contributed by atoms with van der Waals surface area (Å²) in [5.41, 5.74) is 7.50. The standard InChI is InChI=1S/C13H19FN2/c1-2-16-9-10(5-4-8-15)13-11(14)6-3-7-12(13)16/h3,6-7,10H,2,4-5,8-9,15H2,1H3. The molecule has 2 rings (SSSR count). The van der Waals surface area contributed by atoms with Crippen LogP contribution >= 0.6 is 0 Å². The summed E-state index contributed by atoms with van der Waals surface area (Å²) in [6.45, 7) is 4.68. The molecular formula is C13H19FN2. The van der Waals surface area contributed by atoms with Gasteiger partial charge in [0.25, 0.3) is 0 Å². The topological polar surface area (TPSA) is 29.3 Å². The second-order valence-electron chi connectivity index (χ2n) is 4.34. The van der Waals surface area contributed by atoms with Gasteiger partial charge in [-0.05, 0) is 38.4 Å². The molecule has 88 valence electrons. The van der Waals surface area contributed by atoms with Crippen LogP contribution in [0.15, 0.2) is 18.2 Å². The molecule has 3 heteroatoms. The van der Waals surface area contributed by atoms with Gasteiger partial charge in [-0.1, -0.05) is 6.07 Å². The maximum atomic E-state index is 13.8. The molecule has 0 aliphatic carbocycles. The van der Waals surface area contributed by atoms with Crippen LogP contribution in [0, 0.1) is 5.82 Å². The molecular weight excluding hydrogens is 203 g/mol. The largest absolute Gasteiger partial charge is 0.371 e. The van der Waals surface area contributed by atoms with E-state index in [1.807, 2.05) is 6.07 Å². The zero-order valence-corrected chi connectivity index (χ0v) is 9.75. The number of rotatable bonds is 4. The Kier molecular flexibility index (Phi) is 3.44. The van der Waals surface area contributed by atoms with Crippen LogP contribution in [0.1, 0.15) is 31.2 Å². The van der Waals surface area contributed by atoms with Crippen molar-refractivity contribution >= 4 is 5.69 Å². The lowest BCUT2D eigenvalue weighted by atomic mass is 9.96. The number of benzene rings is 1. The summed E-state index contributed by atoms with van der Waals surface area (Å²) < 4.78 is 13.8. The number of hydrogen-bond acceptors (Lipinski definition) is 2. The maximum absolute atomic E-state index is 13.8. The molecule has 1 aliphatic rings. The highest BCUT2D eigenvalue weighted by Crippen LogP contribution is 2.39. The smallest absolute Gasteiger partial charge is 0.128 e. The predicted octanol–water partition coefficient (Wildman–Crippen LogP) is 2.49. The Bertz CT molecular complexity index is 365. The van der Waals surface area contributed by atoms with Crippen molar-refractivity contribution in [2.75, 3.05) is 24.5 Å². The van der Waals surface area contributed by atoms with Crippen molar-refractivity contribution in [3.05, 3.63) is 29.6 Å². The Labute approximate surface area is 96.2 Å². The van der Waals surface area contributed by atoms with E-state index in [0.29, 0.717) is 12.5 Å². The first-order valence-corrected chi connectivity index (χ1v) is 6.01. The molecule has 0 radical (unpaired) electrons. The quantitative estimate of drug-likeness (QED) is 0.848. The van der Waals surface area contributed by atoms with Gasteiger partial charge in [0, 0.05) is 30.3 Å². The monoisotopic (exact) mass is 222 g/mol. The third-order valence-corrected chi connectivity index (χ3v) is 3.36. The Morgan fingerprint density at radius 2 is 2.31 bits per heavy atom. The van der Waals surface area contributed by atoms with Gasteiger partial charge in [0.2, 0.25) is 0 Å². The molecule has 2 nitrogen and oxygen atoms in total. The number of nitrogens with two attached hydrogens (primary N) is 1. The molecule has 1 unspecified atom stereocenters. The van der Waals surface area contributed by atoms with Gasteiger partial charge < -0.3 is 10.6 Å². The first-order valence-electron chi connectivity index (χ1n) is 6.01. The van der Waals surface area contributed by atoms with Crippen molar-refractivity contribution in [2.24, 2.45) is 5.73 Å². The van der Waals surface area contributed by atoms with E-state index in [-0.39, 0.29) is 5.82 Å². The van der Waals surface area contributed by atoms with E-state index in [4.69, 9.17) is 5.73 Å². The summed E-state index contributed by atoms with van der Waals surface area (Å²) in [5, 5.41) is 0. The molecule has 1 aromatic carbocycles. The van der Waals surface area contributed by atoms with Crippen LogP contribution in [0.2, 0.25) is 0 Å². The fourth-order valence-electron chi connectivity index (χ4n) is 2.56. The van der Waals surface area contributed by atoms with Gasteiger partial charge in [-0.25, -0.2) is 4.39 Å². The van der Waals surface area contributed by atoms with E-state index in [9.17, 15) is 4.39 Å². The summed E-state index contributed by atoms with van der Waals surface area (Å²) in [5.74, 6) is 0.259. The minimum Gasteiger partial charge on any atom is -0.371 e. The Hall–Kier alpha value is -1.09. The lowest BCUT2D eigenvalue weighted by molar-refractivity contribution is 0.562. The van der Waals surface area contributed by atoms with E-state index in [1.54, 1.807) is 12.1 Å². The minimum absolute atomic E-state index is 0.0597. The van der Waals surface area contributed by atoms with Crippen LogP contribution < -0.4 is 10.6 Å². The van der Waals surface area contributed by atoms with Gasteiger partial charge >= 0.3 is 0 Å². The van der Waals surface area contributed by atoms with E-state index < -0.39 is 0 Å². The van der Waals surface area contributed by atoms with Crippen LogP contribution in [-0.2, 0) is 0 Å². The Balaban J connectivity index is 2.28. The van der Waals surface area contributed by atoms with Gasteiger partial charge in [-0.2, -0.15) is 0 Å². The first kappa shape index (κ1) is 11.4. The van der Waals surface area contributed by atoms with Crippen LogP contribution in [0.4, 0.5) is 10.1 Å². The molecule has 1 aliphatic heterocycles. The third-order valence-electron chi connectivity index (χ3n) is 3.36. The fraction of sp³-hybridized carbons (Fsp3) is 0.538. The summed E-state index contributed by atoms with van der Waals surface area (Å²) in [6.07, 6.45) is 1.96. The molecule has 1 heterocycles. The second kappa shape index (κ2) is 4.83. The van der Waals surface area contributed by atoms with Gasteiger partial charge in [-0.15, -0.1) is 0 Å². The number of anilines is 1. The highest BCUT2D eigenvalue weighted by molar-refractivity contribution is 5.60. The molecule has 2 N–H and O–H groups in total. The average molecular weight is 222 g/mol. The number of fused-ring (bicyclic) bond motifs is 1. The molecule has 1 atom stereocenters. The van der Waals surface area contributed by atoms with Crippen molar-refractivity contribution < 1.29 is 4.39 Å². The fourth-order valence-corrected chi connectivity index (χ4v) is 2.56. The zero-order valence-electron chi connectivity index (χ0n) is 9.75. The van der Waals surface area contributed by atoms with Crippen molar-refractivity contribution in [1.29, 1.82) is 0 Å². The molecule has 1 aromatic rings. The number of nitrogens with zero attached hydrogens (tertiary/aromatic N) is 1. The summed E-state index contributed by atoms with van der Waals surface area (Å²) in [6, 6.07) is 5.37. The molecule has 0 amide bonds. The second-order valence-corrected chi connectivity index (χ2v) is 4.34. The summed E-state index contributed by atoms with van der Waals surface area (Å²) in [7, 11) is 0. The van der Waals surface area contributed by atoms with E-state index >= 15 is 0 Å². The lowest BCUT2D eigenvalue weighted by Gasteiger charge is -2.16. The van der Waals surface area contributed by atoms with Crippen LogP contribution in [-0.4, -0.2) is 19.6 Å². The number of halogens is 1. The predicted molar refractivity (Wildman–Crippen MR) is 65.3 cm³/mol. The molecule has 0 aromatic heterocycles. The van der Waals surface area contributed by atoms with Gasteiger partial charge in [0.1, 0.15) is 5.82 Å². The number of likely N-dealkylation sites (N-methyl/N-ethyl adjacent to an activating group) is 1. The molecule has 0 saturated carbocycles. The highest BCUT2D eigenvalue weighted by atomic mass is 19.1. The van der Waals surface area contributed by atoms with E-state index in [0.717, 1.165) is 37.2 Å². The molecule has 0 fully saturated rings. The summed E-state index contributed by atoms with van der Waals surface area (Å²) in [4.78, 5) is 2.25. The van der Waals surface area contributed by atoms with Gasteiger partial charge in [-0.3, -0.25) is 0 Å². The Morgan fingerprint density at radius 3 is 3.00 bits per heavy atom. The van der Waals surface area contributed by atoms with Gasteiger partial charge in [0.15, 0.2) is 0 Å². The molecule has 0 spiro atoms. The third kappa shape index (κ3) is 1.92. The zero-order chi connectivity index (χ0) is 11.5. The van der Waals surface area contributed by atoms with Crippen molar-refractivity contribution in [2.45, 2.75) is 25.7 Å². The number of hydrogen-bond donors (Lipinski definition) is 1. The molecule has 16 heavy (non-hydrogen) atoms. The molecule has 0 bridgehead atoms. The van der Waals surface area contributed by atoms with Crippen molar-refractivity contribution in [3.8, 4) is 0 Å². The molecule has 0 saturated heterocycles. The van der Waals surface area contributed by atoms with Crippen molar-refractivity contribution in [3.63, 3.8) is 0 Å². The average Bonchev–Trinajstić information content (AvgIpc) is 2.66.